The summed E-state index contributed by atoms with van der Waals surface area (Å²) in [5, 5.41) is 0. The monoisotopic (exact) mass is 139 g/mol. The van der Waals surface area contributed by atoms with Crippen LogP contribution in [0.4, 0.5) is 0 Å². The maximum atomic E-state index is 5.59. The van der Waals surface area contributed by atoms with Gasteiger partial charge in [0, 0.05) is 6.61 Å². The van der Waals surface area contributed by atoms with Gasteiger partial charge in [0.15, 0.2) is 0 Å². The van der Waals surface area contributed by atoms with E-state index >= 15 is 0 Å². The van der Waals surface area contributed by atoms with E-state index in [0.29, 0.717) is 0 Å². The van der Waals surface area contributed by atoms with Crippen molar-refractivity contribution in [2.45, 2.75) is 31.4 Å². The molecule has 0 amide bonds. The van der Waals surface area contributed by atoms with Crippen LogP contribution in [0, 0.1) is 12.3 Å². The highest BCUT2D eigenvalue weighted by Crippen LogP contribution is 2.14. The van der Waals surface area contributed by atoms with Crippen molar-refractivity contribution in [3.8, 4) is 12.3 Å². The largest absolute Gasteiger partial charge is 0.376 e. The molecule has 2 nitrogen and oxygen atoms in total. The van der Waals surface area contributed by atoms with E-state index in [1.54, 1.807) is 0 Å². The Labute approximate surface area is 61.7 Å². The quantitative estimate of drug-likeness (QED) is 0.537. The Bertz CT molecular complexity index is 133. The number of hydrogen-bond donors (Lipinski definition) is 1. The van der Waals surface area contributed by atoms with Crippen molar-refractivity contribution in [1.82, 2.24) is 0 Å². The van der Waals surface area contributed by atoms with Crippen LogP contribution in [0.15, 0.2) is 0 Å². The molecule has 0 bridgehead atoms. The summed E-state index contributed by atoms with van der Waals surface area (Å²) in [6.07, 6.45) is 8.62. The molecule has 0 aromatic heterocycles. The van der Waals surface area contributed by atoms with E-state index in [2.05, 4.69) is 5.92 Å². The highest BCUT2D eigenvalue weighted by Gasteiger charge is 2.18. The predicted octanol–water partition coefficient (Wildman–Crippen LogP) is 0.516. The van der Waals surface area contributed by atoms with Crippen LogP contribution in [-0.2, 0) is 4.74 Å². The van der Waals surface area contributed by atoms with E-state index in [9.17, 15) is 0 Å². The lowest BCUT2D eigenvalue weighted by Crippen LogP contribution is -2.37. The Kier molecular flexibility index (Phi) is 2.73. The van der Waals surface area contributed by atoms with E-state index in [1.165, 1.54) is 6.42 Å². The van der Waals surface area contributed by atoms with Gasteiger partial charge in [-0.05, 0) is 19.3 Å². The fraction of sp³-hybridized carbons (Fsp3) is 0.750. The normalized spacial score (nSPS) is 29.0. The van der Waals surface area contributed by atoms with E-state index in [1.807, 2.05) is 0 Å². The average molecular weight is 139 g/mol. The predicted molar refractivity (Wildman–Crippen MR) is 40.4 cm³/mol. The van der Waals surface area contributed by atoms with E-state index in [4.69, 9.17) is 16.9 Å². The van der Waals surface area contributed by atoms with E-state index in [0.717, 1.165) is 19.4 Å². The van der Waals surface area contributed by atoms with Crippen molar-refractivity contribution in [3.05, 3.63) is 0 Å². The second-order valence-corrected chi connectivity index (χ2v) is 2.60. The summed E-state index contributed by atoms with van der Waals surface area (Å²) in [5.41, 5.74) is 5.59. The van der Waals surface area contributed by atoms with Gasteiger partial charge in [0.1, 0.15) is 0 Å². The standard InChI is InChI=1S/C8H13NO/c1-2-7(9)8-5-3-4-6-10-8/h1,7-8H,3-6,9H2/t7-,8-/m0/s1. The molecule has 1 saturated heterocycles. The first kappa shape index (κ1) is 7.59. The Morgan fingerprint density at radius 3 is 2.90 bits per heavy atom. The summed E-state index contributed by atoms with van der Waals surface area (Å²) < 4.78 is 5.36. The molecule has 0 saturated carbocycles. The van der Waals surface area contributed by atoms with Crippen LogP contribution in [-0.4, -0.2) is 18.8 Å². The smallest absolute Gasteiger partial charge is 0.0927 e. The number of hydrogen-bond acceptors (Lipinski definition) is 2. The SMILES string of the molecule is C#C[C@H](N)[C@@H]1CCCCO1. The average Bonchev–Trinajstić information content (AvgIpc) is 2.05. The Morgan fingerprint density at radius 2 is 2.40 bits per heavy atom. The third kappa shape index (κ3) is 1.73. The molecule has 2 atom stereocenters. The van der Waals surface area contributed by atoms with Crippen LogP contribution < -0.4 is 5.73 Å². The number of terminal acetylenes is 1. The van der Waals surface area contributed by atoms with Gasteiger partial charge in [-0.25, -0.2) is 0 Å². The molecule has 0 spiro atoms. The zero-order valence-corrected chi connectivity index (χ0v) is 6.05. The highest BCUT2D eigenvalue weighted by molar-refractivity contribution is 5.01. The van der Waals surface area contributed by atoms with Gasteiger partial charge in [-0.1, -0.05) is 5.92 Å². The summed E-state index contributed by atoms with van der Waals surface area (Å²) >= 11 is 0. The van der Waals surface area contributed by atoms with E-state index < -0.39 is 0 Å². The van der Waals surface area contributed by atoms with Gasteiger partial charge < -0.3 is 10.5 Å². The van der Waals surface area contributed by atoms with Gasteiger partial charge in [0.2, 0.25) is 0 Å². The Morgan fingerprint density at radius 1 is 1.60 bits per heavy atom. The van der Waals surface area contributed by atoms with Crippen molar-refractivity contribution >= 4 is 0 Å². The summed E-state index contributed by atoms with van der Waals surface area (Å²) in [5.74, 6) is 2.49. The number of rotatable bonds is 1. The van der Waals surface area contributed by atoms with Crippen molar-refractivity contribution in [1.29, 1.82) is 0 Å². The number of ether oxygens (including phenoxy) is 1. The van der Waals surface area contributed by atoms with Crippen molar-refractivity contribution in [3.63, 3.8) is 0 Å². The first-order valence-corrected chi connectivity index (χ1v) is 3.68. The van der Waals surface area contributed by atoms with Crippen molar-refractivity contribution < 1.29 is 4.74 Å². The van der Waals surface area contributed by atoms with Crippen LogP contribution in [0.2, 0.25) is 0 Å². The summed E-state index contributed by atoms with van der Waals surface area (Å²) in [4.78, 5) is 0. The van der Waals surface area contributed by atoms with Gasteiger partial charge in [0.05, 0.1) is 12.1 Å². The molecule has 0 unspecified atom stereocenters. The van der Waals surface area contributed by atoms with Gasteiger partial charge in [-0.3, -0.25) is 0 Å². The van der Waals surface area contributed by atoms with Crippen molar-refractivity contribution in [2.24, 2.45) is 5.73 Å². The lowest BCUT2D eigenvalue weighted by Gasteiger charge is -2.24. The minimum absolute atomic E-state index is 0.110. The van der Waals surface area contributed by atoms with Crippen LogP contribution in [0.5, 0.6) is 0 Å². The Hall–Kier alpha value is -0.520. The second kappa shape index (κ2) is 3.60. The minimum Gasteiger partial charge on any atom is -0.376 e. The van der Waals surface area contributed by atoms with Crippen molar-refractivity contribution in [2.75, 3.05) is 6.61 Å². The molecule has 2 heteroatoms. The topological polar surface area (TPSA) is 35.2 Å². The van der Waals surface area contributed by atoms with E-state index in [-0.39, 0.29) is 12.1 Å². The lowest BCUT2D eigenvalue weighted by atomic mass is 10.0. The second-order valence-electron chi connectivity index (χ2n) is 2.60. The van der Waals surface area contributed by atoms with Crippen LogP contribution in [0.3, 0.4) is 0 Å². The van der Waals surface area contributed by atoms with Gasteiger partial charge >= 0.3 is 0 Å². The minimum atomic E-state index is -0.208. The lowest BCUT2D eigenvalue weighted by molar-refractivity contribution is 0.0108. The fourth-order valence-electron chi connectivity index (χ4n) is 1.16. The van der Waals surface area contributed by atoms with Gasteiger partial charge in [0.25, 0.3) is 0 Å². The maximum Gasteiger partial charge on any atom is 0.0927 e. The maximum absolute atomic E-state index is 5.59. The summed E-state index contributed by atoms with van der Waals surface area (Å²) in [6.45, 7) is 0.819. The molecule has 1 heterocycles. The summed E-state index contributed by atoms with van der Waals surface area (Å²) in [6, 6.07) is -0.208. The van der Waals surface area contributed by atoms with Crippen LogP contribution >= 0.6 is 0 Å². The van der Waals surface area contributed by atoms with Crippen LogP contribution in [0.25, 0.3) is 0 Å². The van der Waals surface area contributed by atoms with Gasteiger partial charge in [-0.15, -0.1) is 6.42 Å². The number of nitrogens with two attached hydrogens (primary N) is 1. The third-order valence-corrected chi connectivity index (χ3v) is 1.81. The molecular weight excluding hydrogens is 126 g/mol. The molecule has 0 aromatic carbocycles. The third-order valence-electron chi connectivity index (χ3n) is 1.81. The molecule has 56 valence electrons. The van der Waals surface area contributed by atoms with Gasteiger partial charge in [-0.2, -0.15) is 0 Å². The van der Waals surface area contributed by atoms with Crippen LogP contribution in [0.1, 0.15) is 19.3 Å². The molecule has 1 aliphatic heterocycles. The Balaban J connectivity index is 2.33. The molecule has 1 fully saturated rings. The molecule has 0 radical (unpaired) electrons. The molecular formula is C8H13NO. The fourth-order valence-corrected chi connectivity index (χ4v) is 1.16. The molecule has 10 heavy (non-hydrogen) atoms. The molecule has 1 aliphatic rings. The molecule has 0 aromatic rings. The molecule has 0 aliphatic carbocycles. The molecule has 1 rings (SSSR count). The zero-order valence-electron chi connectivity index (χ0n) is 6.05. The molecule has 2 N–H and O–H groups in total. The zero-order chi connectivity index (χ0) is 7.40. The highest BCUT2D eigenvalue weighted by atomic mass is 16.5. The first-order chi connectivity index (χ1) is 4.84. The first-order valence-electron chi connectivity index (χ1n) is 3.68. The summed E-state index contributed by atoms with van der Waals surface area (Å²) in [7, 11) is 0.